The SMILES string of the molecule is O=C(c1ccccc1)N1OCCC1O. The molecular formula is C10H11NO3. The van der Waals surface area contributed by atoms with Gasteiger partial charge in [0.15, 0.2) is 6.23 Å². The highest BCUT2D eigenvalue weighted by molar-refractivity contribution is 5.93. The first-order chi connectivity index (χ1) is 6.79. The van der Waals surface area contributed by atoms with Crippen molar-refractivity contribution in [2.24, 2.45) is 0 Å². The standard InChI is InChI=1S/C10H11NO3/c12-9-6-7-14-11(9)10(13)8-4-2-1-3-5-8/h1-5,9,12H,6-7H2. The third-order valence-electron chi connectivity index (χ3n) is 2.10. The molecular weight excluding hydrogens is 182 g/mol. The van der Waals surface area contributed by atoms with Crippen LogP contribution >= 0.6 is 0 Å². The third kappa shape index (κ3) is 1.62. The summed E-state index contributed by atoms with van der Waals surface area (Å²) in [5.74, 6) is -0.296. The fourth-order valence-corrected chi connectivity index (χ4v) is 1.36. The summed E-state index contributed by atoms with van der Waals surface area (Å²) in [6.45, 7) is 0.389. The maximum atomic E-state index is 11.7. The van der Waals surface area contributed by atoms with E-state index in [9.17, 15) is 9.90 Å². The zero-order valence-electron chi connectivity index (χ0n) is 7.59. The Labute approximate surface area is 81.7 Å². The van der Waals surface area contributed by atoms with Crippen molar-refractivity contribution in [1.29, 1.82) is 0 Å². The molecule has 1 aliphatic heterocycles. The molecule has 1 atom stereocenters. The van der Waals surface area contributed by atoms with E-state index < -0.39 is 6.23 Å². The molecule has 1 amide bonds. The van der Waals surface area contributed by atoms with E-state index in [-0.39, 0.29) is 5.91 Å². The number of carbonyl (C=O) groups excluding carboxylic acids is 1. The number of amides is 1. The number of hydroxylamine groups is 2. The van der Waals surface area contributed by atoms with Crippen LogP contribution in [0.2, 0.25) is 0 Å². The number of hydrogen-bond acceptors (Lipinski definition) is 3. The van der Waals surface area contributed by atoms with Crippen molar-refractivity contribution in [3.63, 3.8) is 0 Å². The lowest BCUT2D eigenvalue weighted by Crippen LogP contribution is -2.34. The number of benzene rings is 1. The summed E-state index contributed by atoms with van der Waals surface area (Å²) in [4.78, 5) is 16.7. The zero-order chi connectivity index (χ0) is 9.97. The molecule has 1 heterocycles. The second kappa shape index (κ2) is 3.77. The van der Waals surface area contributed by atoms with Crippen LogP contribution in [0.1, 0.15) is 16.8 Å². The molecule has 0 saturated carbocycles. The average Bonchev–Trinajstić information content (AvgIpc) is 2.65. The van der Waals surface area contributed by atoms with E-state index in [1.165, 1.54) is 0 Å². The van der Waals surface area contributed by atoms with Gasteiger partial charge < -0.3 is 5.11 Å². The molecule has 4 heteroatoms. The number of rotatable bonds is 1. The van der Waals surface area contributed by atoms with Crippen molar-refractivity contribution >= 4 is 5.91 Å². The van der Waals surface area contributed by atoms with Gasteiger partial charge in [0.25, 0.3) is 5.91 Å². The van der Waals surface area contributed by atoms with Crippen molar-refractivity contribution in [2.75, 3.05) is 6.61 Å². The Morgan fingerprint density at radius 2 is 2.14 bits per heavy atom. The Hall–Kier alpha value is -1.39. The first-order valence-corrected chi connectivity index (χ1v) is 4.48. The fourth-order valence-electron chi connectivity index (χ4n) is 1.36. The van der Waals surface area contributed by atoms with Gasteiger partial charge in [0.05, 0.1) is 6.61 Å². The van der Waals surface area contributed by atoms with Gasteiger partial charge in [-0.05, 0) is 12.1 Å². The Bertz CT molecular complexity index is 325. The van der Waals surface area contributed by atoms with Crippen molar-refractivity contribution in [3.8, 4) is 0 Å². The summed E-state index contributed by atoms with van der Waals surface area (Å²) in [5.41, 5.74) is 0.522. The van der Waals surface area contributed by atoms with Crippen LogP contribution in [-0.2, 0) is 4.84 Å². The second-order valence-electron chi connectivity index (χ2n) is 3.10. The quantitative estimate of drug-likeness (QED) is 0.717. The number of hydrogen-bond donors (Lipinski definition) is 1. The predicted molar refractivity (Wildman–Crippen MR) is 49.2 cm³/mol. The Kier molecular flexibility index (Phi) is 2.47. The maximum absolute atomic E-state index is 11.7. The topological polar surface area (TPSA) is 49.8 Å². The van der Waals surface area contributed by atoms with Gasteiger partial charge in [-0.25, -0.2) is 0 Å². The summed E-state index contributed by atoms with van der Waals surface area (Å²) in [7, 11) is 0. The van der Waals surface area contributed by atoms with Crippen molar-refractivity contribution in [1.82, 2.24) is 5.06 Å². The first kappa shape index (κ1) is 9.18. The van der Waals surface area contributed by atoms with Crippen LogP contribution in [0.15, 0.2) is 30.3 Å². The Morgan fingerprint density at radius 1 is 1.43 bits per heavy atom. The van der Waals surface area contributed by atoms with Gasteiger partial charge in [-0.1, -0.05) is 18.2 Å². The Balaban J connectivity index is 2.16. The molecule has 1 N–H and O–H groups in total. The maximum Gasteiger partial charge on any atom is 0.279 e. The normalized spacial score (nSPS) is 21.2. The summed E-state index contributed by atoms with van der Waals surface area (Å²) < 4.78 is 0. The number of carbonyl (C=O) groups is 1. The first-order valence-electron chi connectivity index (χ1n) is 4.48. The molecule has 0 spiro atoms. The molecule has 4 nitrogen and oxygen atoms in total. The molecule has 0 bridgehead atoms. The van der Waals surface area contributed by atoms with Gasteiger partial charge in [0.1, 0.15) is 0 Å². The smallest absolute Gasteiger partial charge is 0.279 e. The molecule has 74 valence electrons. The van der Waals surface area contributed by atoms with E-state index in [1.54, 1.807) is 24.3 Å². The molecule has 1 unspecified atom stereocenters. The van der Waals surface area contributed by atoms with E-state index in [4.69, 9.17) is 4.84 Å². The lowest BCUT2D eigenvalue weighted by molar-refractivity contribution is -0.141. The van der Waals surface area contributed by atoms with Gasteiger partial charge >= 0.3 is 0 Å². The highest BCUT2D eigenvalue weighted by Crippen LogP contribution is 2.15. The molecule has 1 aliphatic rings. The summed E-state index contributed by atoms with van der Waals surface area (Å²) >= 11 is 0. The van der Waals surface area contributed by atoms with Crippen LogP contribution in [0.4, 0.5) is 0 Å². The molecule has 0 aromatic heterocycles. The summed E-state index contributed by atoms with van der Waals surface area (Å²) in [6.07, 6.45) is -0.346. The average molecular weight is 193 g/mol. The minimum Gasteiger partial charge on any atom is -0.371 e. The minimum absolute atomic E-state index is 0.296. The van der Waals surface area contributed by atoms with E-state index in [0.29, 0.717) is 18.6 Å². The molecule has 1 aromatic carbocycles. The molecule has 1 saturated heterocycles. The monoisotopic (exact) mass is 193 g/mol. The molecule has 14 heavy (non-hydrogen) atoms. The van der Waals surface area contributed by atoms with Crippen LogP contribution in [0, 0.1) is 0 Å². The van der Waals surface area contributed by atoms with Crippen LogP contribution in [0.5, 0.6) is 0 Å². The Morgan fingerprint density at radius 3 is 2.71 bits per heavy atom. The second-order valence-corrected chi connectivity index (χ2v) is 3.10. The van der Waals surface area contributed by atoms with E-state index in [2.05, 4.69) is 0 Å². The lowest BCUT2D eigenvalue weighted by Gasteiger charge is -2.17. The number of nitrogens with zero attached hydrogens (tertiary/aromatic N) is 1. The van der Waals surface area contributed by atoms with Gasteiger partial charge in [0, 0.05) is 12.0 Å². The summed E-state index contributed by atoms with van der Waals surface area (Å²) in [6, 6.07) is 8.76. The molecule has 2 rings (SSSR count). The van der Waals surface area contributed by atoms with E-state index in [0.717, 1.165) is 5.06 Å². The highest BCUT2D eigenvalue weighted by atomic mass is 16.7. The minimum atomic E-state index is -0.817. The van der Waals surface area contributed by atoms with Gasteiger partial charge in [-0.3, -0.25) is 9.63 Å². The number of aliphatic hydroxyl groups is 1. The molecule has 0 radical (unpaired) electrons. The van der Waals surface area contributed by atoms with Crippen LogP contribution < -0.4 is 0 Å². The third-order valence-corrected chi connectivity index (χ3v) is 2.10. The van der Waals surface area contributed by atoms with Crippen LogP contribution in [0.25, 0.3) is 0 Å². The van der Waals surface area contributed by atoms with Gasteiger partial charge in [-0.15, -0.1) is 0 Å². The molecule has 1 fully saturated rings. The number of aliphatic hydroxyl groups excluding tert-OH is 1. The van der Waals surface area contributed by atoms with Crippen LogP contribution in [-0.4, -0.2) is 28.9 Å². The van der Waals surface area contributed by atoms with Crippen molar-refractivity contribution in [3.05, 3.63) is 35.9 Å². The van der Waals surface area contributed by atoms with Gasteiger partial charge in [0.2, 0.25) is 0 Å². The van der Waals surface area contributed by atoms with Crippen molar-refractivity contribution in [2.45, 2.75) is 12.6 Å². The van der Waals surface area contributed by atoms with E-state index >= 15 is 0 Å². The van der Waals surface area contributed by atoms with Crippen molar-refractivity contribution < 1.29 is 14.7 Å². The fraction of sp³-hybridized carbons (Fsp3) is 0.300. The van der Waals surface area contributed by atoms with Crippen LogP contribution in [0.3, 0.4) is 0 Å². The largest absolute Gasteiger partial charge is 0.371 e. The van der Waals surface area contributed by atoms with E-state index in [1.807, 2.05) is 6.07 Å². The zero-order valence-corrected chi connectivity index (χ0v) is 7.59. The summed E-state index contributed by atoms with van der Waals surface area (Å²) in [5, 5.41) is 10.4. The molecule has 0 aliphatic carbocycles. The highest BCUT2D eigenvalue weighted by Gasteiger charge is 2.29. The molecule has 1 aromatic rings. The lowest BCUT2D eigenvalue weighted by atomic mass is 10.2. The predicted octanol–water partition coefficient (Wildman–Crippen LogP) is 0.782. The van der Waals surface area contributed by atoms with Gasteiger partial charge in [-0.2, -0.15) is 5.06 Å².